The highest BCUT2D eigenvalue weighted by Gasteiger charge is 2.50. The predicted octanol–water partition coefficient (Wildman–Crippen LogP) is 6.10. The summed E-state index contributed by atoms with van der Waals surface area (Å²) in [6, 6.07) is 18.6. The third-order valence-electron chi connectivity index (χ3n) is 7.90. The Morgan fingerprint density at radius 1 is 0.952 bits per heavy atom. The molecule has 2 heterocycles. The molecule has 3 aromatic carbocycles. The highest BCUT2D eigenvalue weighted by molar-refractivity contribution is 6.30. The van der Waals surface area contributed by atoms with Crippen LogP contribution in [0.3, 0.4) is 0 Å². The number of carboxylic acid groups (broad SMARTS) is 1. The number of hydrogen-bond donors (Lipinski definition) is 1. The van der Waals surface area contributed by atoms with Crippen molar-refractivity contribution in [2.75, 3.05) is 13.1 Å². The van der Waals surface area contributed by atoms with Crippen LogP contribution in [-0.4, -0.2) is 57.9 Å². The van der Waals surface area contributed by atoms with E-state index >= 15 is 0 Å². The van der Waals surface area contributed by atoms with Crippen molar-refractivity contribution in [1.82, 2.24) is 9.80 Å². The van der Waals surface area contributed by atoms with Crippen LogP contribution in [0.25, 0.3) is 0 Å². The number of ether oxygens (including phenoxy) is 1. The zero-order valence-corrected chi connectivity index (χ0v) is 24.5. The van der Waals surface area contributed by atoms with Crippen LogP contribution in [0.4, 0.5) is 4.39 Å². The number of aliphatic carboxylic acids is 1. The Morgan fingerprint density at radius 3 is 2.07 bits per heavy atom. The number of morpholine rings is 1. The molecule has 0 aromatic heterocycles. The number of carbonyl (C=O) groups excluding carboxylic acids is 2. The van der Waals surface area contributed by atoms with Crippen LogP contribution in [0.2, 0.25) is 10.0 Å². The van der Waals surface area contributed by atoms with E-state index in [1.807, 2.05) is 31.2 Å². The van der Waals surface area contributed by atoms with E-state index in [4.69, 9.17) is 27.9 Å². The van der Waals surface area contributed by atoms with Crippen molar-refractivity contribution < 1.29 is 28.6 Å². The van der Waals surface area contributed by atoms with Crippen LogP contribution in [0.1, 0.15) is 48.6 Å². The number of benzene rings is 3. The molecule has 5 rings (SSSR count). The Morgan fingerprint density at radius 2 is 1.52 bits per heavy atom. The number of carboxylic acids is 1. The summed E-state index contributed by atoms with van der Waals surface area (Å²) in [6.07, 6.45) is -0.486. The maximum Gasteiger partial charge on any atom is 0.310 e. The van der Waals surface area contributed by atoms with Crippen LogP contribution < -0.4 is 0 Å². The second-order valence-corrected chi connectivity index (χ2v) is 11.6. The zero-order valence-electron chi connectivity index (χ0n) is 23.0. The first-order valence-electron chi connectivity index (χ1n) is 13.9. The molecule has 4 atom stereocenters. The van der Waals surface area contributed by atoms with Crippen molar-refractivity contribution in [3.8, 4) is 0 Å². The normalized spacial score (nSPS) is 21.6. The zero-order chi connectivity index (χ0) is 30.0. The van der Waals surface area contributed by atoms with Gasteiger partial charge in [0.1, 0.15) is 24.1 Å². The van der Waals surface area contributed by atoms with Gasteiger partial charge < -0.3 is 19.6 Å². The molecule has 0 saturated carbocycles. The molecule has 0 bridgehead atoms. The molecular formula is C32H31Cl2FN2O5. The van der Waals surface area contributed by atoms with Crippen molar-refractivity contribution in [2.24, 2.45) is 5.92 Å². The number of halogens is 3. The van der Waals surface area contributed by atoms with Gasteiger partial charge in [0.05, 0.1) is 12.0 Å². The molecule has 0 radical (unpaired) electrons. The number of likely N-dealkylation sites (tertiary alicyclic amines) is 1. The van der Waals surface area contributed by atoms with Gasteiger partial charge in [-0.1, -0.05) is 72.9 Å². The highest BCUT2D eigenvalue weighted by atomic mass is 35.5. The summed E-state index contributed by atoms with van der Waals surface area (Å²) in [6.45, 7) is 2.13. The van der Waals surface area contributed by atoms with Gasteiger partial charge in [0.25, 0.3) is 5.91 Å². The van der Waals surface area contributed by atoms with Crippen molar-refractivity contribution in [3.05, 3.63) is 105 Å². The van der Waals surface area contributed by atoms with E-state index in [0.29, 0.717) is 28.5 Å². The smallest absolute Gasteiger partial charge is 0.310 e. The van der Waals surface area contributed by atoms with Crippen LogP contribution >= 0.6 is 23.2 Å². The molecule has 3 aromatic rings. The number of rotatable bonds is 9. The van der Waals surface area contributed by atoms with Gasteiger partial charge in [0, 0.05) is 29.6 Å². The van der Waals surface area contributed by atoms with Gasteiger partial charge in [-0.15, -0.1) is 0 Å². The first-order valence-corrected chi connectivity index (χ1v) is 14.7. The summed E-state index contributed by atoms with van der Waals surface area (Å²) < 4.78 is 20.2. The summed E-state index contributed by atoms with van der Waals surface area (Å²) in [5, 5.41) is 10.4. The van der Waals surface area contributed by atoms with E-state index in [1.165, 1.54) is 17.0 Å². The SMILES string of the molecule is CCCC(C(=O)N1CC(C(=O)O)C1)N1C(=O)[C@@H](Cc2ccc(F)cc2)O[C@H](c2ccc(Cl)cc2)[C@@H]1c1ccc(Cl)cc1. The third kappa shape index (κ3) is 6.31. The van der Waals surface area contributed by atoms with Crippen LogP contribution in [0.15, 0.2) is 72.8 Å². The fraction of sp³-hybridized carbons (Fsp3) is 0.344. The molecule has 1 unspecified atom stereocenters. The van der Waals surface area contributed by atoms with Crippen molar-refractivity contribution in [3.63, 3.8) is 0 Å². The molecule has 2 aliphatic rings. The molecule has 0 aliphatic carbocycles. The van der Waals surface area contributed by atoms with Gasteiger partial charge >= 0.3 is 5.97 Å². The largest absolute Gasteiger partial charge is 0.481 e. The molecule has 1 N–H and O–H groups in total. The molecule has 2 saturated heterocycles. The lowest BCUT2D eigenvalue weighted by molar-refractivity contribution is -0.185. The number of hydrogen-bond acceptors (Lipinski definition) is 4. The van der Waals surface area contributed by atoms with Crippen LogP contribution in [0, 0.1) is 11.7 Å². The molecule has 2 amide bonds. The molecule has 42 heavy (non-hydrogen) atoms. The number of carbonyl (C=O) groups is 3. The number of amides is 2. The first-order chi connectivity index (χ1) is 20.2. The van der Waals surface area contributed by atoms with Gasteiger partial charge in [-0.25, -0.2) is 4.39 Å². The summed E-state index contributed by atoms with van der Waals surface area (Å²) in [7, 11) is 0. The highest BCUT2D eigenvalue weighted by Crippen LogP contribution is 2.45. The van der Waals surface area contributed by atoms with Crippen LogP contribution in [-0.2, 0) is 25.5 Å². The second kappa shape index (κ2) is 12.8. The summed E-state index contributed by atoms with van der Waals surface area (Å²) in [5.41, 5.74) is 2.20. The van der Waals surface area contributed by atoms with E-state index in [0.717, 1.165) is 11.1 Å². The molecular weight excluding hydrogens is 582 g/mol. The van der Waals surface area contributed by atoms with Crippen molar-refractivity contribution >= 4 is 41.0 Å². The Hall–Kier alpha value is -3.46. The van der Waals surface area contributed by atoms with Gasteiger partial charge in [-0.2, -0.15) is 0 Å². The average molecular weight is 614 g/mol. The van der Waals surface area contributed by atoms with Crippen molar-refractivity contribution in [1.29, 1.82) is 0 Å². The topological polar surface area (TPSA) is 87.2 Å². The van der Waals surface area contributed by atoms with Crippen molar-refractivity contribution in [2.45, 2.75) is 50.5 Å². The minimum Gasteiger partial charge on any atom is -0.481 e. The Balaban J connectivity index is 1.60. The lowest BCUT2D eigenvalue weighted by Crippen LogP contribution is -2.63. The second-order valence-electron chi connectivity index (χ2n) is 10.8. The van der Waals surface area contributed by atoms with E-state index in [2.05, 4.69) is 0 Å². The lowest BCUT2D eigenvalue weighted by Gasteiger charge is -2.49. The minimum absolute atomic E-state index is 0.0954. The van der Waals surface area contributed by atoms with Gasteiger partial charge in [-0.3, -0.25) is 14.4 Å². The minimum atomic E-state index is -0.963. The maximum absolute atomic E-state index is 14.4. The fourth-order valence-electron chi connectivity index (χ4n) is 5.67. The Kier molecular flexibility index (Phi) is 9.16. The maximum atomic E-state index is 14.4. The average Bonchev–Trinajstić information content (AvgIpc) is 2.94. The Bertz CT molecular complexity index is 1430. The standard InChI is InChI=1S/C32H31Cl2FN2O5/c1-2-3-26(30(38)36-17-22(18-36)32(40)41)37-28(20-6-10-23(33)11-7-20)29(21-8-12-24(34)13-9-21)42-27(31(37)39)16-19-4-14-25(35)15-5-19/h4-15,22,26-29H,2-3,16-18H2,1H3,(H,40,41)/t26?,27-,28+,29-/m1/s1. The van der Waals surface area contributed by atoms with Gasteiger partial charge in [0.15, 0.2) is 0 Å². The number of nitrogens with zero attached hydrogens (tertiary/aromatic N) is 2. The van der Waals surface area contributed by atoms with E-state index in [-0.39, 0.29) is 37.1 Å². The molecule has 2 aliphatic heterocycles. The Labute approximate surface area is 253 Å². The fourth-order valence-corrected chi connectivity index (χ4v) is 5.92. The van der Waals surface area contributed by atoms with Gasteiger partial charge in [0.2, 0.25) is 5.91 Å². The molecule has 10 heteroatoms. The lowest BCUT2D eigenvalue weighted by atomic mass is 9.88. The van der Waals surface area contributed by atoms with E-state index in [1.54, 1.807) is 41.3 Å². The quantitative estimate of drug-likeness (QED) is 0.316. The molecule has 0 spiro atoms. The monoisotopic (exact) mass is 612 g/mol. The summed E-state index contributed by atoms with van der Waals surface area (Å²) >= 11 is 12.4. The van der Waals surface area contributed by atoms with E-state index < -0.39 is 36.2 Å². The molecule has 2 fully saturated rings. The summed E-state index contributed by atoms with van der Waals surface area (Å²) in [4.78, 5) is 43.0. The van der Waals surface area contributed by atoms with Gasteiger partial charge in [-0.05, 0) is 59.5 Å². The molecule has 7 nitrogen and oxygen atoms in total. The van der Waals surface area contributed by atoms with E-state index in [9.17, 15) is 23.9 Å². The third-order valence-corrected chi connectivity index (χ3v) is 8.40. The predicted molar refractivity (Wildman–Crippen MR) is 157 cm³/mol. The summed E-state index contributed by atoms with van der Waals surface area (Å²) in [5.74, 6) is -2.63. The van der Waals surface area contributed by atoms with Crippen LogP contribution in [0.5, 0.6) is 0 Å². The first kappa shape index (κ1) is 30.0. The molecule has 220 valence electrons.